The molecule has 0 unspecified atom stereocenters. The number of carbonyl (C=O) groups excluding carboxylic acids is 1. The van der Waals surface area contributed by atoms with E-state index in [9.17, 15) is 9.59 Å². The highest BCUT2D eigenvalue weighted by Gasteiger charge is 2.41. The number of carboxylic acids is 1. The minimum Gasteiger partial charge on any atom is -0.475 e. The van der Waals surface area contributed by atoms with Gasteiger partial charge in [0, 0.05) is 37.1 Å². The van der Waals surface area contributed by atoms with Crippen molar-refractivity contribution in [1.82, 2.24) is 0 Å². The summed E-state index contributed by atoms with van der Waals surface area (Å²) in [5.41, 5.74) is 1.01. The summed E-state index contributed by atoms with van der Waals surface area (Å²) in [6, 6.07) is 16.1. The number of hydrogen-bond donors (Lipinski definition) is 2. The molecule has 0 spiro atoms. The summed E-state index contributed by atoms with van der Waals surface area (Å²) in [5, 5.41) is 12.6. The second kappa shape index (κ2) is 8.06. The maximum atomic E-state index is 13.2. The molecule has 0 radical (unpaired) electrons. The van der Waals surface area contributed by atoms with Crippen molar-refractivity contribution in [2.75, 3.05) is 18.5 Å². The molecule has 4 rings (SSSR count). The molecule has 3 aromatic rings. The van der Waals surface area contributed by atoms with Crippen LogP contribution >= 0.6 is 0 Å². The zero-order valence-electron chi connectivity index (χ0n) is 15.7. The number of anilines is 1. The first kappa shape index (κ1) is 19.2. The molecule has 1 saturated heterocycles. The summed E-state index contributed by atoms with van der Waals surface area (Å²) in [7, 11) is 0. The van der Waals surface area contributed by atoms with Crippen molar-refractivity contribution in [3.05, 3.63) is 65.9 Å². The summed E-state index contributed by atoms with van der Waals surface area (Å²) in [4.78, 5) is 24.2. The summed E-state index contributed by atoms with van der Waals surface area (Å²) >= 11 is 0. The van der Waals surface area contributed by atoms with Crippen LogP contribution in [0.3, 0.4) is 0 Å². The van der Waals surface area contributed by atoms with Crippen LogP contribution in [-0.4, -0.2) is 35.8 Å². The van der Waals surface area contributed by atoms with Gasteiger partial charge in [-0.05, 0) is 29.8 Å². The number of ether oxygens (including phenoxy) is 2. The number of fused-ring (bicyclic) bond motifs is 1. The van der Waals surface area contributed by atoms with E-state index in [1.807, 2.05) is 30.3 Å². The fourth-order valence-electron chi connectivity index (χ4n) is 3.41. The average Bonchev–Trinajstić information content (AvgIpc) is 3.17. The van der Waals surface area contributed by atoms with Crippen molar-refractivity contribution in [2.45, 2.75) is 25.0 Å². The van der Waals surface area contributed by atoms with E-state index in [0.717, 1.165) is 5.56 Å². The van der Waals surface area contributed by atoms with Gasteiger partial charge >= 0.3 is 5.97 Å². The van der Waals surface area contributed by atoms with Crippen molar-refractivity contribution in [3.63, 3.8) is 0 Å². The third-order valence-electron chi connectivity index (χ3n) is 5.06. The highest BCUT2D eigenvalue weighted by Crippen LogP contribution is 2.30. The lowest BCUT2D eigenvalue weighted by Crippen LogP contribution is -2.49. The van der Waals surface area contributed by atoms with Gasteiger partial charge in [0.2, 0.25) is 5.76 Å². The molecular weight excluding hydrogens is 374 g/mol. The van der Waals surface area contributed by atoms with E-state index in [0.29, 0.717) is 49.3 Å². The Morgan fingerprint density at radius 2 is 1.83 bits per heavy atom. The minimum atomic E-state index is -1.14. The summed E-state index contributed by atoms with van der Waals surface area (Å²) in [6.07, 6.45) is 0.922. The summed E-state index contributed by atoms with van der Waals surface area (Å²) < 4.78 is 16.8. The van der Waals surface area contributed by atoms with E-state index >= 15 is 0 Å². The smallest absolute Gasteiger partial charge is 0.371 e. The molecule has 0 atom stereocenters. The van der Waals surface area contributed by atoms with E-state index < -0.39 is 11.6 Å². The van der Waals surface area contributed by atoms with Crippen LogP contribution in [-0.2, 0) is 20.9 Å². The first-order valence-electron chi connectivity index (χ1n) is 9.40. The maximum absolute atomic E-state index is 13.2. The molecule has 2 N–H and O–H groups in total. The molecule has 0 saturated carbocycles. The van der Waals surface area contributed by atoms with Crippen molar-refractivity contribution in [3.8, 4) is 0 Å². The van der Waals surface area contributed by atoms with Crippen LogP contribution in [0.1, 0.15) is 29.0 Å². The van der Waals surface area contributed by atoms with Crippen LogP contribution in [0.2, 0.25) is 0 Å². The van der Waals surface area contributed by atoms with Crippen LogP contribution in [0.5, 0.6) is 0 Å². The van der Waals surface area contributed by atoms with Crippen molar-refractivity contribution < 1.29 is 28.6 Å². The largest absolute Gasteiger partial charge is 0.475 e. The molecule has 0 aliphatic carbocycles. The van der Waals surface area contributed by atoms with E-state index in [2.05, 4.69) is 5.32 Å². The standard InChI is InChI=1S/C22H21NO6/c24-20(25)19-13-16-12-17(6-7-18(16)29-19)23-21(26)22(8-10-27-11-9-22)28-14-15-4-2-1-3-5-15/h1-7,12-13H,8-11,14H2,(H,23,26)(H,24,25). The topological polar surface area (TPSA) is 98.0 Å². The fraction of sp³-hybridized carbons (Fsp3) is 0.273. The molecule has 29 heavy (non-hydrogen) atoms. The molecule has 1 aliphatic heterocycles. The molecule has 2 heterocycles. The predicted molar refractivity (Wildman–Crippen MR) is 106 cm³/mol. The van der Waals surface area contributed by atoms with Gasteiger partial charge in [0.15, 0.2) is 5.60 Å². The Kier molecular flexibility index (Phi) is 5.33. The van der Waals surface area contributed by atoms with E-state index in [1.54, 1.807) is 18.2 Å². The highest BCUT2D eigenvalue weighted by atomic mass is 16.5. The highest BCUT2D eigenvalue weighted by molar-refractivity contribution is 5.99. The number of benzene rings is 2. The minimum absolute atomic E-state index is 0.143. The lowest BCUT2D eigenvalue weighted by molar-refractivity contribution is -0.158. The van der Waals surface area contributed by atoms with Gasteiger partial charge in [-0.3, -0.25) is 4.79 Å². The number of furan rings is 1. The zero-order valence-corrected chi connectivity index (χ0v) is 15.7. The molecule has 2 aromatic carbocycles. The van der Waals surface area contributed by atoms with Crippen molar-refractivity contribution in [1.29, 1.82) is 0 Å². The summed E-state index contributed by atoms with van der Waals surface area (Å²) in [6.45, 7) is 1.23. The van der Waals surface area contributed by atoms with Crippen LogP contribution < -0.4 is 5.32 Å². The summed E-state index contributed by atoms with van der Waals surface area (Å²) in [5.74, 6) is -1.52. The lowest BCUT2D eigenvalue weighted by Gasteiger charge is -2.35. The predicted octanol–water partition coefficient (Wildman–Crippen LogP) is 3.84. The molecular formula is C22H21NO6. The Hall–Kier alpha value is -3.16. The third kappa shape index (κ3) is 4.16. The molecule has 1 fully saturated rings. The maximum Gasteiger partial charge on any atom is 0.371 e. The monoisotopic (exact) mass is 395 g/mol. The fourth-order valence-corrected chi connectivity index (χ4v) is 3.41. The second-order valence-corrected chi connectivity index (χ2v) is 7.00. The molecule has 0 bridgehead atoms. The zero-order chi connectivity index (χ0) is 20.3. The van der Waals surface area contributed by atoms with Gasteiger partial charge < -0.3 is 24.3 Å². The molecule has 7 heteroatoms. The average molecular weight is 395 g/mol. The Balaban J connectivity index is 1.53. The van der Waals surface area contributed by atoms with Gasteiger partial charge in [-0.2, -0.15) is 0 Å². The lowest BCUT2D eigenvalue weighted by atomic mass is 9.92. The van der Waals surface area contributed by atoms with Crippen LogP contribution in [0.25, 0.3) is 11.0 Å². The molecule has 1 amide bonds. The van der Waals surface area contributed by atoms with Crippen LogP contribution in [0.15, 0.2) is 59.0 Å². The number of carboxylic acid groups (broad SMARTS) is 1. The molecule has 1 aromatic heterocycles. The van der Waals surface area contributed by atoms with Gasteiger partial charge in [0.25, 0.3) is 5.91 Å². The van der Waals surface area contributed by atoms with Gasteiger partial charge in [-0.25, -0.2) is 4.79 Å². The van der Waals surface area contributed by atoms with Gasteiger partial charge in [0.05, 0.1) is 6.61 Å². The third-order valence-corrected chi connectivity index (χ3v) is 5.06. The number of hydrogen-bond acceptors (Lipinski definition) is 5. The second-order valence-electron chi connectivity index (χ2n) is 7.00. The Bertz CT molecular complexity index is 1020. The Labute approximate surface area is 167 Å². The molecule has 1 aliphatic rings. The number of carbonyl (C=O) groups is 2. The Morgan fingerprint density at radius 3 is 2.55 bits per heavy atom. The first-order chi connectivity index (χ1) is 14.1. The van der Waals surface area contributed by atoms with Gasteiger partial charge in [-0.15, -0.1) is 0 Å². The van der Waals surface area contributed by atoms with E-state index in [-0.39, 0.29) is 11.7 Å². The SMILES string of the molecule is O=C(O)c1cc2cc(NC(=O)C3(OCc4ccccc4)CCOCC3)ccc2o1. The molecule has 7 nitrogen and oxygen atoms in total. The van der Waals surface area contributed by atoms with E-state index in [4.69, 9.17) is 19.0 Å². The number of rotatable bonds is 6. The quantitative estimate of drug-likeness (QED) is 0.658. The normalized spacial score (nSPS) is 15.9. The Morgan fingerprint density at radius 1 is 1.07 bits per heavy atom. The van der Waals surface area contributed by atoms with E-state index in [1.165, 1.54) is 6.07 Å². The number of nitrogens with one attached hydrogen (secondary N) is 1. The van der Waals surface area contributed by atoms with Crippen molar-refractivity contribution in [2.24, 2.45) is 0 Å². The van der Waals surface area contributed by atoms with Gasteiger partial charge in [-0.1, -0.05) is 30.3 Å². The number of aromatic carboxylic acids is 1. The molecule has 150 valence electrons. The van der Waals surface area contributed by atoms with Crippen LogP contribution in [0.4, 0.5) is 5.69 Å². The van der Waals surface area contributed by atoms with Crippen LogP contribution in [0, 0.1) is 0 Å². The van der Waals surface area contributed by atoms with Crippen molar-refractivity contribution >= 4 is 28.5 Å². The number of amides is 1. The van der Waals surface area contributed by atoms with Gasteiger partial charge in [0.1, 0.15) is 5.58 Å². The first-order valence-corrected chi connectivity index (χ1v) is 9.40.